The Labute approximate surface area is 167 Å². The first-order chi connectivity index (χ1) is 13.2. The second-order valence-electron chi connectivity index (χ2n) is 9.45. The number of carbonyl (C=O) groups is 1. The standard InChI is InChI=1S/C22H32NO5/c1-22(2)12-15(7-9-28-22)17(24)11-16-19-14(6-8-23(16,3)4)10-18-20(21(19)25-5)27-13-26-18/h10,15-16H,6-9,11-13H2,1-5H3/q+1/t15-,16+/m1/s1. The number of quaternary nitrogens is 1. The highest BCUT2D eigenvalue weighted by Crippen LogP contribution is 2.51. The van der Waals surface area contributed by atoms with Crippen molar-refractivity contribution in [2.24, 2.45) is 5.92 Å². The number of Topliss-reactive ketones (excluding diaryl/α,β-unsaturated/α-hetero) is 1. The maximum Gasteiger partial charge on any atom is 0.231 e. The monoisotopic (exact) mass is 390 g/mol. The van der Waals surface area contributed by atoms with Crippen molar-refractivity contribution in [1.29, 1.82) is 0 Å². The second kappa shape index (κ2) is 6.92. The number of ketones is 1. The molecule has 3 aliphatic heterocycles. The van der Waals surface area contributed by atoms with Crippen molar-refractivity contribution >= 4 is 5.78 Å². The topological polar surface area (TPSA) is 54.0 Å². The number of carbonyl (C=O) groups excluding carboxylic acids is 1. The minimum Gasteiger partial charge on any atom is -0.492 e. The second-order valence-corrected chi connectivity index (χ2v) is 9.45. The molecule has 0 unspecified atom stereocenters. The third-order valence-corrected chi connectivity index (χ3v) is 6.63. The van der Waals surface area contributed by atoms with E-state index in [1.807, 2.05) is 0 Å². The van der Waals surface area contributed by atoms with Gasteiger partial charge in [-0.3, -0.25) is 4.79 Å². The lowest BCUT2D eigenvalue weighted by atomic mass is 9.80. The van der Waals surface area contributed by atoms with Crippen LogP contribution in [0.1, 0.15) is 50.3 Å². The summed E-state index contributed by atoms with van der Waals surface area (Å²) >= 11 is 0. The Kier molecular flexibility index (Phi) is 4.82. The van der Waals surface area contributed by atoms with E-state index >= 15 is 0 Å². The molecule has 2 atom stereocenters. The van der Waals surface area contributed by atoms with Crippen molar-refractivity contribution in [2.75, 3.05) is 41.1 Å². The number of methoxy groups -OCH3 is 1. The molecule has 0 radical (unpaired) electrons. The van der Waals surface area contributed by atoms with E-state index in [-0.39, 0.29) is 24.4 Å². The van der Waals surface area contributed by atoms with Crippen molar-refractivity contribution < 1.29 is 28.2 Å². The summed E-state index contributed by atoms with van der Waals surface area (Å²) < 4.78 is 23.7. The van der Waals surface area contributed by atoms with Crippen molar-refractivity contribution in [3.8, 4) is 17.2 Å². The first kappa shape index (κ1) is 19.5. The normalized spacial score (nSPS) is 27.2. The first-order valence-corrected chi connectivity index (χ1v) is 10.2. The number of rotatable bonds is 4. The van der Waals surface area contributed by atoms with Gasteiger partial charge in [0.2, 0.25) is 12.5 Å². The molecule has 4 rings (SSSR count). The minimum atomic E-state index is -0.225. The molecule has 3 heterocycles. The smallest absolute Gasteiger partial charge is 0.231 e. The maximum absolute atomic E-state index is 13.3. The van der Waals surface area contributed by atoms with Gasteiger partial charge in [0, 0.05) is 18.9 Å². The van der Waals surface area contributed by atoms with Crippen LogP contribution in [0.15, 0.2) is 6.07 Å². The van der Waals surface area contributed by atoms with Gasteiger partial charge in [-0.2, -0.15) is 0 Å². The molecule has 0 aromatic heterocycles. The van der Waals surface area contributed by atoms with Gasteiger partial charge >= 0.3 is 0 Å². The van der Waals surface area contributed by atoms with Crippen molar-refractivity contribution in [3.05, 3.63) is 17.2 Å². The van der Waals surface area contributed by atoms with Gasteiger partial charge in [-0.15, -0.1) is 0 Å². The molecular weight excluding hydrogens is 358 g/mol. The van der Waals surface area contributed by atoms with E-state index in [9.17, 15) is 4.79 Å². The lowest BCUT2D eigenvalue weighted by molar-refractivity contribution is -0.922. The third-order valence-electron chi connectivity index (χ3n) is 6.63. The Morgan fingerprint density at radius 1 is 1.32 bits per heavy atom. The summed E-state index contributed by atoms with van der Waals surface area (Å²) in [6.45, 7) is 6.00. The van der Waals surface area contributed by atoms with Crippen LogP contribution < -0.4 is 14.2 Å². The maximum atomic E-state index is 13.3. The number of ether oxygens (including phenoxy) is 4. The fourth-order valence-electron chi connectivity index (χ4n) is 4.98. The molecule has 0 amide bonds. The molecule has 3 aliphatic rings. The Balaban J connectivity index is 1.68. The molecule has 28 heavy (non-hydrogen) atoms. The van der Waals surface area contributed by atoms with E-state index in [1.165, 1.54) is 5.56 Å². The highest BCUT2D eigenvalue weighted by Gasteiger charge is 2.44. The number of fused-ring (bicyclic) bond motifs is 2. The van der Waals surface area contributed by atoms with Crippen LogP contribution in [0.4, 0.5) is 0 Å². The molecule has 1 aromatic carbocycles. The van der Waals surface area contributed by atoms with E-state index in [0.29, 0.717) is 24.6 Å². The van der Waals surface area contributed by atoms with Crippen LogP contribution in [0.5, 0.6) is 17.2 Å². The Morgan fingerprint density at radius 2 is 2.11 bits per heavy atom. The lowest BCUT2D eigenvalue weighted by Gasteiger charge is -2.44. The van der Waals surface area contributed by atoms with Gasteiger partial charge < -0.3 is 23.4 Å². The number of nitrogens with zero attached hydrogens (tertiary/aromatic N) is 1. The molecule has 0 saturated carbocycles. The lowest BCUT2D eigenvalue weighted by Crippen LogP contribution is -2.49. The van der Waals surface area contributed by atoms with E-state index in [2.05, 4.69) is 34.0 Å². The zero-order valence-electron chi connectivity index (χ0n) is 17.7. The summed E-state index contributed by atoms with van der Waals surface area (Å²) in [6.07, 6.45) is 3.05. The van der Waals surface area contributed by atoms with E-state index < -0.39 is 0 Å². The highest BCUT2D eigenvalue weighted by molar-refractivity contribution is 5.82. The van der Waals surface area contributed by atoms with Crippen LogP contribution in [0, 0.1) is 5.92 Å². The number of likely N-dealkylation sites (N-methyl/N-ethyl adjacent to an activating group) is 1. The largest absolute Gasteiger partial charge is 0.492 e. The molecule has 0 spiro atoms. The predicted octanol–water partition coefficient (Wildman–Crippen LogP) is 3.26. The summed E-state index contributed by atoms with van der Waals surface area (Å²) in [5.41, 5.74) is 2.10. The molecule has 154 valence electrons. The van der Waals surface area contributed by atoms with E-state index in [0.717, 1.165) is 47.4 Å². The van der Waals surface area contributed by atoms with Gasteiger partial charge in [0.1, 0.15) is 11.8 Å². The first-order valence-electron chi connectivity index (χ1n) is 10.2. The zero-order chi connectivity index (χ0) is 20.1. The fraction of sp³-hybridized carbons (Fsp3) is 0.682. The van der Waals surface area contributed by atoms with Gasteiger partial charge in [0.15, 0.2) is 11.5 Å². The van der Waals surface area contributed by atoms with Gasteiger partial charge in [-0.25, -0.2) is 0 Å². The van der Waals surface area contributed by atoms with E-state index in [1.54, 1.807) is 7.11 Å². The number of hydrogen-bond acceptors (Lipinski definition) is 5. The number of benzene rings is 1. The molecule has 0 bridgehead atoms. The quantitative estimate of drug-likeness (QED) is 0.739. The van der Waals surface area contributed by atoms with E-state index in [4.69, 9.17) is 18.9 Å². The molecule has 6 nitrogen and oxygen atoms in total. The molecule has 1 fully saturated rings. The Morgan fingerprint density at radius 3 is 2.82 bits per heavy atom. The van der Waals surface area contributed by atoms with Crippen molar-refractivity contribution in [2.45, 2.75) is 51.2 Å². The minimum absolute atomic E-state index is 0.0478. The highest BCUT2D eigenvalue weighted by atomic mass is 16.7. The third kappa shape index (κ3) is 3.37. The van der Waals surface area contributed by atoms with Crippen molar-refractivity contribution in [1.82, 2.24) is 0 Å². The molecule has 1 aromatic rings. The molecule has 0 aliphatic carbocycles. The summed E-state index contributed by atoms with van der Waals surface area (Å²) in [5.74, 6) is 2.56. The summed E-state index contributed by atoms with van der Waals surface area (Å²) in [7, 11) is 6.09. The van der Waals surface area contributed by atoms with Crippen LogP contribution in [-0.2, 0) is 16.0 Å². The molecule has 1 saturated heterocycles. The van der Waals surface area contributed by atoms with Gasteiger partial charge in [0.05, 0.1) is 45.3 Å². The van der Waals surface area contributed by atoms with Gasteiger partial charge in [-0.05, 0) is 38.3 Å². The Bertz CT molecular complexity index is 786. The predicted molar refractivity (Wildman–Crippen MR) is 105 cm³/mol. The van der Waals surface area contributed by atoms with Gasteiger partial charge in [0.25, 0.3) is 0 Å². The molecule has 0 N–H and O–H groups in total. The zero-order valence-corrected chi connectivity index (χ0v) is 17.7. The van der Waals surface area contributed by atoms with Crippen LogP contribution in [0.2, 0.25) is 0 Å². The summed E-state index contributed by atoms with van der Waals surface area (Å²) in [4.78, 5) is 13.3. The Hall–Kier alpha value is -1.79. The summed E-state index contributed by atoms with van der Waals surface area (Å²) in [6, 6.07) is 2.13. The summed E-state index contributed by atoms with van der Waals surface area (Å²) in [5, 5.41) is 0. The average molecular weight is 391 g/mol. The van der Waals surface area contributed by atoms with Crippen LogP contribution in [0.25, 0.3) is 0 Å². The average Bonchev–Trinajstić information content (AvgIpc) is 3.09. The SMILES string of the molecule is COc1c2c(cc3c1[C@H](CC(=O)[C@@H]1CCOC(C)(C)C1)[N+](C)(C)CC3)OCO2. The number of hydrogen-bond donors (Lipinski definition) is 0. The van der Waals surface area contributed by atoms with Crippen LogP contribution in [-0.4, -0.2) is 57.0 Å². The van der Waals surface area contributed by atoms with Crippen LogP contribution >= 0.6 is 0 Å². The molecular formula is C22H32NO5+. The molecule has 6 heteroatoms. The van der Waals surface area contributed by atoms with Gasteiger partial charge in [-0.1, -0.05) is 0 Å². The van der Waals surface area contributed by atoms with Crippen LogP contribution in [0.3, 0.4) is 0 Å². The fourth-order valence-corrected chi connectivity index (χ4v) is 4.98. The van der Waals surface area contributed by atoms with Crippen molar-refractivity contribution in [3.63, 3.8) is 0 Å².